The molecule has 7 nitrogen and oxygen atoms in total. The van der Waals surface area contributed by atoms with E-state index in [9.17, 15) is 9.59 Å². The number of nitrogens with one attached hydrogen (secondary N) is 1. The van der Waals surface area contributed by atoms with Gasteiger partial charge in [0.2, 0.25) is 5.91 Å². The molecule has 1 aromatic carbocycles. The molecule has 1 N–H and O–H groups in total. The summed E-state index contributed by atoms with van der Waals surface area (Å²) in [5, 5.41) is 3.00. The number of rotatable bonds is 6. The minimum Gasteiger partial charge on any atom is -0.497 e. The van der Waals surface area contributed by atoms with E-state index in [1.807, 2.05) is 4.90 Å². The first-order valence-corrected chi connectivity index (χ1v) is 8.63. The van der Waals surface area contributed by atoms with Gasteiger partial charge in [-0.3, -0.25) is 14.5 Å². The van der Waals surface area contributed by atoms with E-state index in [4.69, 9.17) is 9.47 Å². The highest BCUT2D eigenvalue weighted by Crippen LogP contribution is 2.24. The number of hydrogen-bond acceptors (Lipinski definition) is 5. The normalized spacial score (nSPS) is 17.9. The largest absolute Gasteiger partial charge is 0.497 e. The fourth-order valence-corrected chi connectivity index (χ4v) is 2.93. The molecule has 1 aliphatic carbocycles. The number of carbonyl (C=O) groups is 2. The van der Waals surface area contributed by atoms with Crippen molar-refractivity contribution in [3.63, 3.8) is 0 Å². The van der Waals surface area contributed by atoms with E-state index in [1.165, 1.54) is 0 Å². The maximum atomic E-state index is 12.7. The van der Waals surface area contributed by atoms with Gasteiger partial charge in [0.25, 0.3) is 5.91 Å². The van der Waals surface area contributed by atoms with Gasteiger partial charge in [0.1, 0.15) is 11.5 Å². The van der Waals surface area contributed by atoms with Gasteiger partial charge >= 0.3 is 0 Å². The lowest BCUT2D eigenvalue weighted by atomic mass is 10.1. The molecular weight excluding hydrogens is 322 g/mol. The predicted molar refractivity (Wildman–Crippen MR) is 93.1 cm³/mol. The Labute approximate surface area is 147 Å². The molecule has 0 bridgehead atoms. The van der Waals surface area contributed by atoms with Gasteiger partial charge in [-0.2, -0.15) is 0 Å². The highest BCUT2D eigenvalue weighted by Gasteiger charge is 2.27. The molecular formula is C18H25N3O4. The van der Waals surface area contributed by atoms with Crippen LogP contribution in [0.5, 0.6) is 11.5 Å². The molecule has 1 saturated carbocycles. The number of piperazine rings is 1. The van der Waals surface area contributed by atoms with Crippen LogP contribution in [-0.4, -0.2) is 74.6 Å². The van der Waals surface area contributed by atoms with Crippen LogP contribution in [0.25, 0.3) is 0 Å². The third kappa shape index (κ3) is 4.63. The van der Waals surface area contributed by atoms with Crippen molar-refractivity contribution in [2.24, 2.45) is 0 Å². The zero-order chi connectivity index (χ0) is 17.8. The van der Waals surface area contributed by atoms with Crippen molar-refractivity contribution >= 4 is 11.8 Å². The van der Waals surface area contributed by atoms with Gasteiger partial charge < -0.3 is 19.7 Å². The Kier molecular flexibility index (Phi) is 5.43. The van der Waals surface area contributed by atoms with E-state index in [1.54, 1.807) is 32.4 Å². The third-order valence-corrected chi connectivity index (χ3v) is 4.57. The average molecular weight is 347 g/mol. The number of amides is 2. The summed E-state index contributed by atoms with van der Waals surface area (Å²) in [6.07, 6.45) is 2.19. The summed E-state index contributed by atoms with van der Waals surface area (Å²) in [7, 11) is 3.13. The average Bonchev–Trinajstić information content (AvgIpc) is 3.45. The zero-order valence-electron chi connectivity index (χ0n) is 14.8. The Hall–Kier alpha value is -2.28. The second kappa shape index (κ2) is 7.74. The summed E-state index contributed by atoms with van der Waals surface area (Å²) in [5.41, 5.74) is 0.552. The van der Waals surface area contributed by atoms with Crippen LogP contribution < -0.4 is 14.8 Å². The molecule has 7 heteroatoms. The topological polar surface area (TPSA) is 71.1 Å². The fourth-order valence-electron chi connectivity index (χ4n) is 2.93. The molecule has 1 aromatic rings. The number of nitrogens with zero attached hydrogens (tertiary/aromatic N) is 2. The van der Waals surface area contributed by atoms with Crippen molar-refractivity contribution in [2.75, 3.05) is 46.9 Å². The molecule has 0 radical (unpaired) electrons. The van der Waals surface area contributed by atoms with Gasteiger partial charge in [0.15, 0.2) is 0 Å². The molecule has 0 aromatic heterocycles. The Morgan fingerprint density at radius 2 is 1.64 bits per heavy atom. The van der Waals surface area contributed by atoms with E-state index < -0.39 is 0 Å². The number of carbonyl (C=O) groups excluding carboxylic acids is 2. The molecule has 0 spiro atoms. The van der Waals surface area contributed by atoms with Crippen molar-refractivity contribution < 1.29 is 19.1 Å². The molecule has 25 heavy (non-hydrogen) atoms. The predicted octanol–water partition coefficient (Wildman–Crippen LogP) is 0.740. The van der Waals surface area contributed by atoms with Crippen molar-refractivity contribution in [1.29, 1.82) is 0 Å². The SMILES string of the molecule is COc1cc(OC)cc(C(=O)N2CCN(CC(=O)NC3CC3)CC2)c1. The van der Waals surface area contributed by atoms with Crippen molar-refractivity contribution in [1.82, 2.24) is 15.1 Å². The zero-order valence-corrected chi connectivity index (χ0v) is 14.8. The lowest BCUT2D eigenvalue weighted by Gasteiger charge is -2.34. The second-order valence-corrected chi connectivity index (χ2v) is 6.51. The van der Waals surface area contributed by atoms with E-state index in [-0.39, 0.29) is 11.8 Å². The van der Waals surface area contributed by atoms with Gasteiger partial charge in [-0.05, 0) is 25.0 Å². The van der Waals surface area contributed by atoms with E-state index in [0.29, 0.717) is 55.8 Å². The molecule has 0 unspecified atom stereocenters. The van der Waals surface area contributed by atoms with Crippen LogP contribution in [0, 0.1) is 0 Å². The Morgan fingerprint density at radius 1 is 1.04 bits per heavy atom. The Balaban J connectivity index is 1.55. The van der Waals surface area contributed by atoms with Crippen LogP contribution in [-0.2, 0) is 4.79 Å². The summed E-state index contributed by atoms with van der Waals surface area (Å²) < 4.78 is 10.5. The third-order valence-electron chi connectivity index (χ3n) is 4.57. The molecule has 1 heterocycles. The molecule has 1 saturated heterocycles. The first-order valence-electron chi connectivity index (χ1n) is 8.63. The molecule has 0 atom stereocenters. The second-order valence-electron chi connectivity index (χ2n) is 6.51. The van der Waals surface area contributed by atoms with Gasteiger partial charge in [-0.25, -0.2) is 0 Å². The molecule has 136 valence electrons. The number of ether oxygens (including phenoxy) is 2. The van der Waals surface area contributed by atoms with Crippen molar-refractivity contribution in [3.8, 4) is 11.5 Å². The van der Waals surface area contributed by atoms with E-state index in [0.717, 1.165) is 12.8 Å². The van der Waals surface area contributed by atoms with Gasteiger partial charge in [0.05, 0.1) is 20.8 Å². The minimum atomic E-state index is -0.0423. The highest BCUT2D eigenvalue weighted by atomic mass is 16.5. The fraction of sp³-hybridized carbons (Fsp3) is 0.556. The first-order chi connectivity index (χ1) is 12.1. The molecule has 2 fully saturated rings. The molecule has 2 amide bonds. The van der Waals surface area contributed by atoms with E-state index >= 15 is 0 Å². The Bertz CT molecular complexity index is 615. The first kappa shape index (κ1) is 17.5. The Morgan fingerprint density at radius 3 is 2.16 bits per heavy atom. The van der Waals surface area contributed by atoms with Crippen LogP contribution in [0.3, 0.4) is 0 Å². The summed E-state index contributed by atoms with van der Waals surface area (Å²) in [6.45, 7) is 3.02. The van der Waals surface area contributed by atoms with Crippen molar-refractivity contribution in [3.05, 3.63) is 23.8 Å². The minimum absolute atomic E-state index is 0.0423. The monoisotopic (exact) mass is 347 g/mol. The number of benzene rings is 1. The summed E-state index contributed by atoms with van der Waals surface area (Å²) >= 11 is 0. The van der Waals surface area contributed by atoms with Gasteiger partial charge in [-0.1, -0.05) is 0 Å². The highest BCUT2D eigenvalue weighted by molar-refractivity contribution is 5.95. The summed E-state index contributed by atoms with van der Waals surface area (Å²) in [6, 6.07) is 5.58. The van der Waals surface area contributed by atoms with Crippen LogP contribution >= 0.6 is 0 Å². The maximum Gasteiger partial charge on any atom is 0.254 e. The smallest absolute Gasteiger partial charge is 0.254 e. The van der Waals surface area contributed by atoms with Crippen LogP contribution in [0.15, 0.2) is 18.2 Å². The molecule has 2 aliphatic rings. The number of hydrogen-bond donors (Lipinski definition) is 1. The summed E-state index contributed by atoms with van der Waals surface area (Å²) in [5.74, 6) is 1.23. The van der Waals surface area contributed by atoms with E-state index in [2.05, 4.69) is 10.2 Å². The number of methoxy groups -OCH3 is 2. The summed E-state index contributed by atoms with van der Waals surface area (Å²) in [4.78, 5) is 28.5. The van der Waals surface area contributed by atoms with Crippen LogP contribution in [0.2, 0.25) is 0 Å². The van der Waals surface area contributed by atoms with Crippen molar-refractivity contribution in [2.45, 2.75) is 18.9 Å². The van der Waals surface area contributed by atoms with Gasteiger partial charge in [0, 0.05) is 43.9 Å². The molecule has 3 rings (SSSR count). The quantitative estimate of drug-likeness (QED) is 0.822. The molecule has 1 aliphatic heterocycles. The lowest BCUT2D eigenvalue weighted by Crippen LogP contribution is -2.51. The van der Waals surface area contributed by atoms with Crippen LogP contribution in [0.4, 0.5) is 0 Å². The maximum absolute atomic E-state index is 12.7. The lowest BCUT2D eigenvalue weighted by molar-refractivity contribution is -0.122. The van der Waals surface area contributed by atoms with Gasteiger partial charge in [-0.15, -0.1) is 0 Å². The van der Waals surface area contributed by atoms with Crippen LogP contribution in [0.1, 0.15) is 23.2 Å². The standard InChI is InChI=1S/C18H25N3O4/c1-24-15-9-13(10-16(11-15)25-2)18(23)21-7-5-20(6-8-21)12-17(22)19-14-3-4-14/h9-11,14H,3-8,12H2,1-2H3,(H,19,22).